The molecule has 3 rings (SSSR count). The Kier molecular flexibility index (Phi) is 6.85. The van der Waals surface area contributed by atoms with Crippen molar-refractivity contribution in [2.24, 2.45) is 0 Å². The van der Waals surface area contributed by atoms with Crippen molar-refractivity contribution < 1.29 is 19.1 Å². The molecule has 3 amide bonds. The van der Waals surface area contributed by atoms with E-state index in [2.05, 4.69) is 11.9 Å². The number of ether oxygens (including phenoxy) is 1. The van der Waals surface area contributed by atoms with Gasteiger partial charge in [0, 0.05) is 36.5 Å². The van der Waals surface area contributed by atoms with E-state index in [1.807, 2.05) is 24.3 Å². The number of imide groups is 1. The molecule has 0 fully saturated rings. The lowest BCUT2D eigenvalue weighted by atomic mass is 10.1. The maximum atomic E-state index is 12.8. The molecule has 0 aliphatic carbocycles. The monoisotopic (exact) mass is 410 g/mol. The van der Waals surface area contributed by atoms with E-state index in [0.717, 1.165) is 10.6 Å². The van der Waals surface area contributed by atoms with Gasteiger partial charge in [0.2, 0.25) is 0 Å². The molecule has 2 aromatic carbocycles. The number of hydrogen-bond acceptors (Lipinski definition) is 5. The molecule has 0 saturated heterocycles. The fraction of sp³-hybridized carbons (Fsp3) is 0.227. The van der Waals surface area contributed by atoms with Gasteiger partial charge in [0.15, 0.2) is 0 Å². The molecule has 0 spiro atoms. The fourth-order valence-corrected chi connectivity index (χ4v) is 3.79. The normalized spacial score (nSPS) is 12.8. The Morgan fingerprint density at radius 3 is 2.69 bits per heavy atom. The lowest BCUT2D eigenvalue weighted by molar-refractivity contribution is 0.0638. The average Bonchev–Trinajstić information content (AvgIpc) is 2.97. The molecular weight excluding hydrogens is 388 g/mol. The maximum absolute atomic E-state index is 12.8. The summed E-state index contributed by atoms with van der Waals surface area (Å²) in [7, 11) is 1.57. The zero-order valence-corrected chi connectivity index (χ0v) is 17.0. The van der Waals surface area contributed by atoms with Crippen LogP contribution >= 0.6 is 11.8 Å². The largest absolute Gasteiger partial charge is 0.385 e. The lowest BCUT2D eigenvalue weighted by Crippen LogP contribution is -2.31. The molecule has 0 atom stereocenters. The van der Waals surface area contributed by atoms with E-state index in [0.29, 0.717) is 29.8 Å². The van der Waals surface area contributed by atoms with Crippen molar-refractivity contribution in [3.63, 3.8) is 0 Å². The van der Waals surface area contributed by atoms with Gasteiger partial charge in [-0.3, -0.25) is 19.3 Å². The van der Waals surface area contributed by atoms with Crippen molar-refractivity contribution in [2.45, 2.75) is 11.3 Å². The molecule has 29 heavy (non-hydrogen) atoms. The summed E-state index contributed by atoms with van der Waals surface area (Å²) in [6, 6.07) is 12.1. The van der Waals surface area contributed by atoms with Crippen molar-refractivity contribution >= 4 is 35.2 Å². The van der Waals surface area contributed by atoms with Gasteiger partial charge in [0.05, 0.1) is 16.8 Å². The molecule has 1 aliphatic rings. The molecular formula is C22H22N2O4S. The van der Waals surface area contributed by atoms with E-state index in [4.69, 9.17) is 4.74 Å². The van der Waals surface area contributed by atoms with Crippen molar-refractivity contribution in [3.05, 3.63) is 71.8 Å². The van der Waals surface area contributed by atoms with Gasteiger partial charge in [-0.25, -0.2) is 0 Å². The number of carbonyl (C=O) groups is 3. The summed E-state index contributed by atoms with van der Waals surface area (Å²) in [5.74, 6) is -0.323. The van der Waals surface area contributed by atoms with Gasteiger partial charge in [0.25, 0.3) is 17.7 Å². The first-order valence-corrected chi connectivity index (χ1v) is 10.2. The minimum atomic E-state index is -0.377. The van der Waals surface area contributed by atoms with Crippen molar-refractivity contribution in [2.75, 3.05) is 31.3 Å². The Balaban J connectivity index is 1.78. The van der Waals surface area contributed by atoms with Crippen molar-refractivity contribution in [3.8, 4) is 0 Å². The predicted molar refractivity (Wildman–Crippen MR) is 114 cm³/mol. The number of nitrogens with zero attached hydrogens (tertiary/aromatic N) is 1. The van der Waals surface area contributed by atoms with Crippen LogP contribution in [0.5, 0.6) is 0 Å². The van der Waals surface area contributed by atoms with Crippen LogP contribution in [0.2, 0.25) is 0 Å². The maximum Gasteiger partial charge on any atom is 0.261 e. The Bertz CT molecular complexity index is 958. The second-order valence-corrected chi connectivity index (χ2v) is 7.48. The van der Waals surface area contributed by atoms with Gasteiger partial charge in [-0.1, -0.05) is 18.2 Å². The number of hydrogen-bond donors (Lipinski definition) is 1. The number of nitrogens with one attached hydrogen (secondary N) is 1. The highest BCUT2D eigenvalue weighted by molar-refractivity contribution is 7.99. The minimum Gasteiger partial charge on any atom is -0.385 e. The van der Waals surface area contributed by atoms with E-state index in [9.17, 15) is 14.4 Å². The van der Waals surface area contributed by atoms with E-state index in [-0.39, 0.29) is 29.8 Å². The zero-order chi connectivity index (χ0) is 20.8. The Morgan fingerprint density at radius 1 is 1.17 bits per heavy atom. The third-order valence-corrected chi connectivity index (χ3v) is 5.52. The van der Waals surface area contributed by atoms with Crippen LogP contribution in [0, 0.1) is 0 Å². The predicted octanol–water partition coefficient (Wildman–Crippen LogP) is 3.85. The summed E-state index contributed by atoms with van der Waals surface area (Å²) in [5.41, 5.74) is 1.60. The molecule has 1 aliphatic heterocycles. The van der Waals surface area contributed by atoms with Crippen LogP contribution in [0.15, 0.2) is 60.0 Å². The summed E-state index contributed by atoms with van der Waals surface area (Å²) >= 11 is 1.57. The SMILES string of the molecule is C=CCSc1ccccc1NC(=O)c1ccc2c(c1)C(=O)N(CCCOC)C2=O. The standard InChI is InChI=1S/C22H22N2O4S/c1-3-13-29-19-8-5-4-7-18(19)23-20(25)15-9-10-16-17(14-15)22(27)24(21(16)26)11-6-12-28-2/h3-5,7-10,14H,1,6,11-13H2,2H3,(H,23,25). The Labute approximate surface area is 173 Å². The number of para-hydroxylation sites is 1. The highest BCUT2D eigenvalue weighted by Gasteiger charge is 2.35. The van der Waals surface area contributed by atoms with E-state index in [1.165, 1.54) is 11.0 Å². The Morgan fingerprint density at radius 2 is 1.93 bits per heavy atom. The lowest BCUT2D eigenvalue weighted by Gasteiger charge is -2.12. The van der Waals surface area contributed by atoms with Gasteiger partial charge >= 0.3 is 0 Å². The zero-order valence-electron chi connectivity index (χ0n) is 16.1. The second-order valence-electron chi connectivity index (χ2n) is 6.42. The molecule has 6 nitrogen and oxygen atoms in total. The molecule has 0 unspecified atom stereocenters. The van der Waals surface area contributed by atoms with Crippen LogP contribution in [0.3, 0.4) is 0 Å². The highest BCUT2D eigenvalue weighted by Crippen LogP contribution is 2.28. The number of amides is 3. The molecule has 150 valence electrons. The number of anilines is 1. The van der Waals surface area contributed by atoms with E-state index >= 15 is 0 Å². The van der Waals surface area contributed by atoms with Crippen LogP contribution in [0.4, 0.5) is 5.69 Å². The topological polar surface area (TPSA) is 75.7 Å². The minimum absolute atomic E-state index is 0.259. The van der Waals surface area contributed by atoms with Gasteiger partial charge in [0.1, 0.15) is 0 Å². The van der Waals surface area contributed by atoms with Crippen LogP contribution in [0.1, 0.15) is 37.5 Å². The molecule has 0 aromatic heterocycles. The summed E-state index contributed by atoms with van der Waals surface area (Å²) in [5, 5.41) is 2.89. The first-order chi connectivity index (χ1) is 14.1. The van der Waals surface area contributed by atoms with E-state index < -0.39 is 0 Å². The smallest absolute Gasteiger partial charge is 0.261 e. The number of benzene rings is 2. The fourth-order valence-electron chi connectivity index (χ4n) is 3.04. The third-order valence-electron chi connectivity index (χ3n) is 4.46. The molecule has 0 radical (unpaired) electrons. The molecule has 0 saturated carbocycles. The summed E-state index contributed by atoms with van der Waals surface area (Å²) in [4.78, 5) is 40.0. The number of carbonyl (C=O) groups excluding carboxylic acids is 3. The van der Waals surface area contributed by atoms with Gasteiger partial charge < -0.3 is 10.1 Å². The number of thioether (sulfide) groups is 1. The highest BCUT2D eigenvalue weighted by atomic mass is 32.2. The van der Waals surface area contributed by atoms with Gasteiger partial charge in [-0.05, 0) is 36.8 Å². The second kappa shape index (κ2) is 9.54. The third kappa shape index (κ3) is 4.58. The number of fused-ring (bicyclic) bond motifs is 1. The molecule has 2 aromatic rings. The first kappa shape index (κ1) is 20.8. The molecule has 7 heteroatoms. The van der Waals surface area contributed by atoms with Crippen LogP contribution in [-0.4, -0.2) is 48.6 Å². The summed E-state index contributed by atoms with van der Waals surface area (Å²) in [6.45, 7) is 4.46. The summed E-state index contributed by atoms with van der Waals surface area (Å²) in [6.07, 6.45) is 2.36. The quantitative estimate of drug-likeness (QED) is 0.294. The van der Waals surface area contributed by atoms with E-state index in [1.54, 1.807) is 37.1 Å². The van der Waals surface area contributed by atoms with Gasteiger partial charge in [-0.2, -0.15) is 0 Å². The number of rotatable bonds is 9. The summed E-state index contributed by atoms with van der Waals surface area (Å²) < 4.78 is 4.98. The van der Waals surface area contributed by atoms with Crippen LogP contribution in [0.25, 0.3) is 0 Å². The Hall–Kier alpha value is -2.90. The van der Waals surface area contributed by atoms with Gasteiger partial charge in [-0.15, -0.1) is 18.3 Å². The van der Waals surface area contributed by atoms with Crippen LogP contribution in [-0.2, 0) is 4.74 Å². The van der Waals surface area contributed by atoms with Crippen molar-refractivity contribution in [1.82, 2.24) is 4.90 Å². The van der Waals surface area contributed by atoms with Crippen molar-refractivity contribution in [1.29, 1.82) is 0 Å². The molecule has 1 N–H and O–H groups in total. The average molecular weight is 410 g/mol. The first-order valence-electron chi connectivity index (χ1n) is 9.20. The molecule has 1 heterocycles. The van der Waals surface area contributed by atoms with Crippen LogP contribution < -0.4 is 5.32 Å². The number of methoxy groups -OCH3 is 1. The molecule has 0 bridgehead atoms.